The van der Waals surface area contributed by atoms with Crippen LogP contribution in [-0.2, 0) is 6.42 Å². The van der Waals surface area contributed by atoms with Gasteiger partial charge in [0.1, 0.15) is 0 Å². The summed E-state index contributed by atoms with van der Waals surface area (Å²) in [5.74, 6) is 0.495. The number of hydrogen-bond donors (Lipinski definition) is 1. The lowest BCUT2D eigenvalue weighted by molar-refractivity contribution is 0.569. The fraction of sp³-hybridized carbons (Fsp3) is 0.588. The maximum Gasteiger partial charge on any atom is 0.0788 e. The van der Waals surface area contributed by atoms with Gasteiger partial charge in [-0.2, -0.15) is 0 Å². The van der Waals surface area contributed by atoms with Crippen LogP contribution in [0.5, 0.6) is 0 Å². The molecular weight excluding hydrogens is 250 g/mol. The van der Waals surface area contributed by atoms with Gasteiger partial charge in [0.2, 0.25) is 0 Å². The highest BCUT2D eigenvalue weighted by atomic mass is 32.1. The van der Waals surface area contributed by atoms with Crippen molar-refractivity contribution in [3.8, 4) is 0 Å². The van der Waals surface area contributed by atoms with Gasteiger partial charge < -0.3 is 5.32 Å². The highest BCUT2D eigenvalue weighted by Crippen LogP contribution is 2.16. The van der Waals surface area contributed by atoms with E-state index in [0.717, 1.165) is 18.0 Å². The fourth-order valence-corrected chi connectivity index (χ4v) is 2.51. The van der Waals surface area contributed by atoms with E-state index in [9.17, 15) is 0 Å². The predicted octanol–water partition coefficient (Wildman–Crippen LogP) is 4.75. The first-order valence-electron chi connectivity index (χ1n) is 7.59. The molecule has 0 radical (unpaired) electrons. The Labute approximate surface area is 123 Å². The van der Waals surface area contributed by atoms with E-state index < -0.39 is 0 Å². The average Bonchev–Trinajstić information content (AvgIpc) is 2.44. The van der Waals surface area contributed by atoms with Crippen molar-refractivity contribution in [1.82, 2.24) is 5.32 Å². The molecule has 0 aromatic heterocycles. The first kappa shape index (κ1) is 16.2. The van der Waals surface area contributed by atoms with Crippen LogP contribution in [0.1, 0.15) is 51.5 Å². The molecule has 1 rings (SSSR count). The maximum absolute atomic E-state index is 5.59. The molecule has 1 aromatic rings. The van der Waals surface area contributed by atoms with Gasteiger partial charge in [-0.3, -0.25) is 0 Å². The standard InChI is InChI=1S/C17H27NS/c1-3-5-12-16(17(19)18-13-6-4-2)14-15-10-8-7-9-11-15/h7-11,16H,3-6,12-14H2,1-2H3,(H,18,19). The lowest BCUT2D eigenvalue weighted by Gasteiger charge is -2.19. The summed E-state index contributed by atoms with van der Waals surface area (Å²) in [5, 5.41) is 3.44. The Morgan fingerprint density at radius 2 is 1.79 bits per heavy atom. The highest BCUT2D eigenvalue weighted by Gasteiger charge is 2.14. The molecule has 1 N–H and O–H groups in total. The summed E-state index contributed by atoms with van der Waals surface area (Å²) in [6, 6.07) is 10.7. The van der Waals surface area contributed by atoms with Crippen molar-refractivity contribution in [2.75, 3.05) is 6.54 Å². The number of unbranched alkanes of at least 4 members (excludes halogenated alkanes) is 2. The van der Waals surface area contributed by atoms with Crippen molar-refractivity contribution in [3.05, 3.63) is 35.9 Å². The molecule has 0 aliphatic rings. The average molecular weight is 277 g/mol. The normalized spacial score (nSPS) is 12.1. The third-order valence-corrected chi connectivity index (χ3v) is 3.91. The molecule has 1 atom stereocenters. The molecule has 0 aliphatic heterocycles. The Morgan fingerprint density at radius 1 is 1.11 bits per heavy atom. The Kier molecular flexibility index (Phi) is 8.48. The zero-order valence-electron chi connectivity index (χ0n) is 12.3. The minimum Gasteiger partial charge on any atom is -0.379 e. The van der Waals surface area contributed by atoms with E-state index in [1.54, 1.807) is 0 Å². The predicted molar refractivity (Wildman–Crippen MR) is 88.7 cm³/mol. The van der Waals surface area contributed by atoms with Gasteiger partial charge in [-0.05, 0) is 24.8 Å². The van der Waals surface area contributed by atoms with E-state index in [4.69, 9.17) is 12.2 Å². The van der Waals surface area contributed by atoms with E-state index in [2.05, 4.69) is 49.5 Å². The molecular formula is C17H27NS. The van der Waals surface area contributed by atoms with Gasteiger partial charge in [0.05, 0.1) is 4.99 Å². The quantitative estimate of drug-likeness (QED) is 0.516. The summed E-state index contributed by atoms with van der Waals surface area (Å²) in [6.45, 7) is 5.48. The van der Waals surface area contributed by atoms with Crippen LogP contribution >= 0.6 is 12.2 Å². The lowest BCUT2D eigenvalue weighted by atomic mass is 9.94. The Hall–Kier alpha value is -0.890. The van der Waals surface area contributed by atoms with E-state index in [-0.39, 0.29) is 0 Å². The Balaban J connectivity index is 2.53. The van der Waals surface area contributed by atoms with Crippen LogP contribution in [0, 0.1) is 5.92 Å². The molecule has 0 bridgehead atoms. The van der Waals surface area contributed by atoms with Gasteiger partial charge in [-0.25, -0.2) is 0 Å². The second kappa shape index (κ2) is 9.96. The topological polar surface area (TPSA) is 12.0 Å². The molecule has 0 amide bonds. The van der Waals surface area contributed by atoms with Crippen LogP contribution in [0.15, 0.2) is 30.3 Å². The van der Waals surface area contributed by atoms with Crippen molar-refractivity contribution in [1.29, 1.82) is 0 Å². The van der Waals surface area contributed by atoms with Gasteiger partial charge in [0.15, 0.2) is 0 Å². The van der Waals surface area contributed by atoms with Crippen LogP contribution in [0.4, 0.5) is 0 Å². The molecule has 0 heterocycles. The van der Waals surface area contributed by atoms with Gasteiger partial charge in [-0.15, -0.1) is 0 Å². The van der Waals surface area contributed by atoms with E-state index in [1.165, 1.54) is 37.7 Å². The van der Waals surface area contributed by atoms with Crippen LogP contribution in [0.3, 0.4) is 0 Å². The summed E-state index contributed by atoms with van der Waals surface area (Å²) in [5.41, 5.74) is 1.39. The molecule has 0 saturated heterocycles. The first-order valence-corrected chi connectivity index (χ1v) is 8.00. The molecule has 0 spiro atoms. The van der Waals surface area contributed by atoms with Crippen molar-refractivity contribution in [2.24, 2.45) is 5.92 Å². The van der Waals surface area contributed by atoms with Crippen LogP contribution in [-0.4, -0.2) is 11.5 Å². The summed E-state index contributed by atoms with van der Waals surface area (Å²) < 4.78 is 0. The van der Waals surface area contributed by atoms with Crippen molar-refractivity contribution >= 4 is 17.2 Å². The van der Waals surface area contributed by atoms with Gasteiger partial charge >= 0.3 is 0 Å². The second-order valence-electron chi connectivity index (χ2n) is 5.17. The summed E-state index contributed by atoms with van der Waals surface area (Å²) in [6.07, 6.45) is 7.18. The SMILES string of the molecule is CCCCNC(=S)C(CCCC)Cc1ccccc1. The molecule has 0 aliphatic carbocycles. The zero-order valence-corrected chi connectivity index (χ0v) is 13.1. The van der Waals surface area contributed by atoms with Crippen LogP contribution < -0.4 is 5.32 Å². The van der Waals surface area contributed by atoms with Gasteiger partial charge in [0, 0.05) is 12.5 Å². The fourth-order valence-electron chi connectivity index (χ4n) is 2.21. The number of nitrogens with one attached hydrogen (secondary N) is 1. The Bertz CT molecular complexity index is 348. The molecule has 1 unspecified atom stereocenters. The van der Waals surface area contributed by atoms with Gasteiger partial charge in [-0.1, -0.05) is 75.7 Å². The lowest BCUT2D eigenvalue weighted by Crippen LogP contribution is -2.31. The minimum absolute atomic E-state index is 0.495. The van der Waals surface area contributed by atoms with Crippen molar-refractivity contribution in [2.45, 2.75) is 52.4 Å². The van der Waals surface area contributed by atoms with Crippen LogP contribution in [0.2, 0.25) is 0 Å². The largest absolute Gasteiger partial charge is 0.379 e. The number of hydrogen-bond acceptors (Lipinski definition) is 1. The number of thiocarbonyl (C=S) groups is 1. The van der Waals surface area contributed by atoms with E-state index >= 15 is 0 Å². The number of rotatable bonds is 9. The summed E-state index contributed by atoms with van der Waals surface area (Å²) >= 11 is 5.59. The number of benzene rings is 1. The maximum atomic E-state index is 5.59. The summed E-state index contributed by atoms with van der Waals surface area (Å²) in [7, 11) is 0. The molecule has 1 nitrogen and oxygen atoms in total. The molecule has 19 heavy (non-hydrogen) atoms. The summed E-state index contributed by atoms with van der Waals surface area (Å²) in [4.78, 5) is 1.06. The van der Waals surface area contributed by atoms with Crippen molar-refractivity contribution < 1.29 is 0 Å². The second-order valence-corrected chi connectivity index (χ2v) is 5.61. The molecule has 2 heteroatoms. The minimum atomic E-state index is 0.495. The van der Waals surface area contributed by atoms with Crippen LogP contribution in [0.25, 0.3) is 0 Å². The first-order chi connectivity index (χ1) is 9.27. The van der Waals surface area contributed by atoms with Crippen molar-refractivity contribution in [3.63, 3.8) is 0 Å². The molecule has 0 saturated carbocycles. The van der Waals surface area contributed by atoms with Gasteiger partial charge in [0.25, 0.3) is 0 Å². The Morgan fingerprint density at radius 3 is 2.42 bits per heavy atom. The third kappa shape index (κ3) is 6.72. The smallest absolute Gasteiger partial charge is 0.0788 e. The molecule has 106 valence electrons. The van der Waals surface area contributed by atoms with E-state index in [1.807, 2.05) is 0 Å². The zero-order chi connectivity index (χ0) is 13.9. The molecule has 1 aromatic carbocycles. The highest BCUT2D eigenvalue weighted by molar-refractivity contribution is 7.80. The third-order valence-electron chi connectivity index (χ3n) is 3.43. The molecule has 0 fully saturated rings. The monoisotopic (exact) mass is 277 g/mol. The van der Waals surface area contributed by atoms with E-state index in [0.29, 0.717) is 5.92 Å².